The van der Waals surface area contributed by atoms with Gasteiger partial charge in [-0.25, -0.2) is 0 Å². The minimum atomic E-state index is -0.202. The summed E-state index contributed by atoms with van der Waals surface area (Å²) in [5.74, 6) is 0.640. The number of hydrogen-bond acceptors (Lipinski definition) is 3. The smallest absolute Gasteiger partial charge is 0.309 e. The van der Waals surface area contributed by atoms with Gasteiger partial charge in [-0.15, -0.1) is 0 Å². The maximum absolute atomic E-state index is 11.2. The fourth-order valence-electron chi connectivity index (χ4n) is 1.51. The van der Waals surface area contributed by atoms with E-state index in [9.17, 15) is 4.79 Å². The third-order valence-corrected chi connectivity index (χ3v) is 2.20. The molecular weight excluding hydrogens is 240 g/mol. The lowest BCUT2D eigenvalue weighted by molar-refractivity contribution is -0.142. The van der Waals surface area contributed by atoms with Crippen LogP contribution in [0.15, 0.2) is 30.3 Å². The van der Waals surface area contributed by atoms with Gasteiger partial charge in [0.05, 0.1) is 13.0 Å². The second-order valence-electron chi connectivity index (χ2n) is 5.19. The van der Waals surface area contributed by atoms with Crippen molar-refractivity contribution in [3.63, 3.8) is 0 Å². The quantitative estimate of drug-likeness (QED) is 0.756. The minimum absolute atomic E-state index is 0.193. The topological polar surface area (TPSA) is 35.5 Å². The highest BCUT2D eigenvalue weighted by molar-refractivity contribution is 5.72. The molecule has 3 nitrogen and oxygen atoms in total. The standard InChI is InChI=1S/C16H22O3/c1-5-18-15(17)8-6-7-13-9-11-14(12-10-13)19-16(2,3)4/h6-7,9-12H,5,8H2,1-4H3. The molecular formula is C16H22O3. The summed E-state index contributed by atoms with van der Waals surface area (Å²) in [4.78, 5) is 11.2. The Morgan fingerprint density at radius 1 is 1.21 bits per heavy atom. The van der Waals surface area contributed by atoms with E-state index in [1.807, 2.05) is 51.1 Å². The maximum Gasteiger partial charge on any atom is 0.309 e. The number of rotatable bonds is 5. The van der Waals surface area contributed by atoms with Crippen molar-refractivity contribution in [3.05, 3.63) is 35.9 Å². The van der Waals surface area contributed by atoms with E-state index in [2.05, 4.69) is 0 Å². The molecule has 0 bridgehead atoms. The van der Waals surface area contributed by atoms with Gasteiger partial charge in [-0.3, -0.25) is 4.79 Å². The molecule has 0 saturated heterocycles. The summed E-state index contributed by atoms with van der Waals surface area (Å²) >= 11 is 0. The van der Waals surface area contributed by atoms with Gasteiger partial charge in [-0.05, 0) is 45.4 Å². The first-order valence-corrected chi connectivity index (χ1v) is 6.52. The molecule has 0 unspecified atom stereocenters. The Labute approximate surface area is 115 Å². The van der Waals surface area contributed by atoms with Crippen molar-refractivity contribution >= 4 is 12.0 Å². The van der Waals surface area contributed by atoms with Crippen LogP contribution in [0.4, 0.5) is 0 Å². The van der Waals surface area contributed by atoms with Crippen LogP contribution in [0.2, 0.25) is 0 Å². The molecule has 0 atom stereocenters. The second-order valence-corrected chi connectivity index (χ2v) is 5.19. The highest BCUT2D eigenvalue weighted by Gasteiger charge is 2.10. The zero-order valence-electron chi connectivity index (χ0n) is 12.1. The molecule has 0 aliphatic rings. The summed E-state index contributed by atoms with van der Waals surface area (Å²) in [5, 5.41) is 0. The van der Waals surface area contributed by atoms with Crippen LogP contribution in [0.3, 0.4) is 0 Å². The molecule has 0 saturated carbocycles. The summed E-state index contributed by atoms with van der Waals surface area (Å²) in [6.45, 7) is 8.27. The van der Waals surface area contributed by atoms with Crippen LogP contribution in [-0.4, -0.2) is 18.2 Å². The van der Waals surface area contributed by atoms with Gasteiger partial charge in [0.2, 0.25) is 0 Å². The number of carbonyl (C=O) groups excluding carboxylic acids is 1. The third kappa shape index (κ3) is 6.65. The molecule has 0 amide bonds. The molecule has 1 rings (SSSR count). The Balaban J connectivity index is 2.52. The average Bonchev–Trinajstić information content (AvgIpc) is 2.30. The van der Waals surface area contributed by atoms with Crippen LogP contribution in [-0.2, 0) is 9.53 Å². The number of benzene rings is 1. The first-order chi connectivity index (χ1) is 8.90. The van der Waals surface area contributed by atoms with E-state index >= 15 is 0 Å². The van der Waals surface area contributed by atoms with Crippen LogP contribution >= 0.6 is 0 Å². The normalized spacial score (nSPS) is 11.6. The summed E-state index contributed by atoms with van der Waals surface area (Å²) < 4.78 is 10.6. The summed E-state index contributed by atoms with van der Waals surface area (Å²) in [6.07, 6.45) is 4.00. The fraction of sp³-hybridized carbons (Fsp3) is 0.438. The van der Waals surface area contributed by atoms with E-state index in [0.29, 0.717) is 13.0 Å². The van der Waals surface area contributed by atoms with Crippen LogP contribution in [0, 0.1) is 0 Å². The molecule has 0 spiro atoms. The van der Waals surface area contributed by atoms with Crippen molar-refractivity contribution in [2.75, 3.05) is 6.61 Å². The number of ether oxygens (including phenoxy) is 2. The Morgan fingerprint density at radius 2 is 1.84 bits per heavy atom. The van der Waals surface area contributed by atoms with Crippen LogP contribution in [0.25, 0.3) is 6.08 Å². The molecule has 0 aromatic heterocycles. The van der Waals surface area contributed by atoms with Crippen LogP contribution < -0.4 is 4.74 Å². The first kappa shape index (κ1) is 15.3. The summed E-state index contributed by atoms with van der Waals surface area (Å²) in [5.41, 5.74) is 0.840. The van der Waals surface area contributed by atoms with E-state index in [-0.39, 0.29) is 11.6 Å². The fourth-order valence-corrected chi connectivity index (χ4v) is 1.51. The van der Waals surface area contributed by atoms with Gasteiger partial charge < -0.3 is 9.47 Å². The second kappa shape index (κ2) is 6.98. The molecule has 19 heavy (non-hydrogen) atoms. The highest BCUT2D eigenvalue weighted by Crippen LogP contribution is 2.19. The Morgan fingerprint density at radius 3 is 2.37 bits per heavy atom. The Bertz CT molecular complexity index is 424. The van der Waals surface area contributed by atoms with Crippen molar-refractivity contribution < 1.29 is 14.3 Å². The molecule has 0 N–H and O–H groups in total. The predicted octanol–water partition coefficient (Wildman–Crippen LogP) is 3.83. The molecule has 0 heterocycles. The van der Waals surface area contributed by atoms with Crippen molar-refractivity contribution in [2.45, 2.75) is 39.7 Å². The van der Waals surface area contributed by atoms with Crippen molar-refractivity contribution in [1.29, 1.82) is 0 Å². The van der Waals surface area contributed by atoms with Gasteiger partial charge in [0.1, 0.15) is 11.4 Å². The largest absolute Gasteiger partial charge is 0.488 e. The van der Waals surface area contributed by atoms with E-state index in [4.69, 9.17) is 9.47 Å². The Hall–Kier alpha value is -1.77. The molecule has 0 radical (unpaired) electrons. The molecule has 3 heteroatoms. The predicted molar refractivity (Wildman–Crippen MR) is 77.1 cm³/mol. The van der Waals surface area contributed by atoms with Gasteiger partial charge >= 0.3 is 5.97 Å². The van der Waals surface area contributed by atoms with Crippen LogP contribution in [0.1, 0.15) is 39.7 Å². The van der Waals surface area contributed by atoms with Gasteiger partial charge in [-0.2, -0.15) is 0 Å². The molecule has 0 aliphatic heterocycles. The molecule has 1 aromatic rings. The molecule has 1 aromatic carbocycles. The van der Waals surface area contributed by atoms with Crippen molar-refractivity contribution in [1.82, 2.24) is 0 Å². The average molecular weight is 262 g/mol. The lowest BCUT2D eigenvalue weighted by Crippen LogP contribution is -2.22. The maximum atomic E-state index is 11.2. The van der Waals surface area contributed by atoms with E-state index in [1.54, 1.807) is 13.0 Å². The van der Waals surface area contributed by atoms with Gasteiger partial charge in [0.15, 0.2) is 0 Å². The zero-order chi connectivity index (χ0) is 14.3. The minimum Gasteiger partial charge on any atom is -0.488 e. The van der Waals surface area contributed by atoms with Crippen molar-refractivity contribution in [2.24, 2.45) is 0 Å². The van der Waals surface area contributed by atoms with E-state index < -0.39 is 0 Å². The first-order valence-electron chi connectivity index (χ1n) is 6.52. The van der Waals surface area contributed by atoms with Gasteiger partial charge in [-0.1, -0.05) is 24.3 Å². The van der Waals surface area contributed by atoms with E-state index in [1.165, 1.54) is 0 Å². The monoisotopic (exact) mass is 262 g/mol. The van der Waals surface area contributed by atoms with Crippen LogP contribution in [0.5, 0.6) is 5.75 Å². The van der Waals surface area contributed by atoms with Crippen molar-refractivity contribution in [3.8, 4) is 5.75 Å². The SMILES string of the molecule is CCOC(=O)CC=Cc1ccc(OC(C)(C)C)cc1. The summed E-state index contributed by atoms with van der Waals surface area (Å²) in [6, 6.07) is 7.77. The lowest BCUT2D eigenvalue weighted by Gasteiger charge is -2.21. The zero-order valence-corrected chi connectivity index (χ0v) is 12.1. The number of hydrogen-bond donors (Lipinski definition) is 0. The number of carbonyl (C=O) groups is 1. The lowest BCUT2D eigenvalue weighted by atomic mass is 10.1. The Kier molecular flexibility index (Phi) is 5.61. The van der Waals surface area contributed by atoms with E-state index in [0.717, 1.165) is 11.3 Å². The highest BCUT2D eigenvalue weighted by atomic mass is 16.5. The summed E-state index contributed by atoms with van der Waals surface area (Å²) in [7, 11) is 0. The number of esters is 1. The molecule has 0 aliphatic carbocycles. The van der Waals surface area contributed by atoms with Gasteiger partial charge in [0.25, 0.3) is 0 Å². The molecule has 104 valence electrons. The molecule has 0 fully saturated rings. The van der Waals surface area contributed by atoms with Gasteiger partial charge in [0, 0.05) is 0 Å². The third-order valence-electron chi connectivity index (χ3n) is 2.20.